The van der Waals surface area contributed by atoms with E-state index in [1.807, 2.05) is 59.9 Å². The van der Waals surface area contributed by atoms with E-state index in [0.717, 1.165) is 33.8 Å². The van der Waals surface area contributed by atoms with Crippen LogP contribution < -0.4 is 4.90 Å². The molecule has 0 aromatic carbocycles. The van der Waals surface area contributed by atoms with Crippen molar-refractivity contribution in [2.45, 2.75) is 24.8 Å². The fraction of sp³-hybridized carbons (Fsp3) is 0.364. The van der Waals surface area contributed by atoms with Gasteiger partial charge in [-0.3, -0.25) is 9.36 Å². The SMILES string of the molecule is CN(C)c1nn(C2(CC#N)CC(C#N)C2)cc1-c1nc(-c2cnn(C)c2)cn2nccc12. The Balaban J connectivity index is 1.69. The molecule has 0 amide bonds. The molecule has 0 aliphatic heterocycles. The second-order valence-electron chi connectivity index (χ2n) is 8.54. The van der Waals surface area contributed by atoms with Gasteiger partial charge in [-0.1, -0.05) is 0 Å². The van der Waals surface area contributed by atoms with Gasteiger partial charge in [-0.2, -0.15) is 25.8 Å². The molecular formula is C22H22N10. The zero-order valence-electron chi connectivity index (χ0n) is 18.1. The lowest BCUT2D eigenvalue weighted by molar-refractivity contribution is 0.0884. The van der Waals surface area contributed by atoms with Crippen molar-refractivity contribution in [2.75, 3.05) is 19.0 Å². The summed E-state index contributed by atoms with van der Waals surface area (Å²) in [6, 6.07) is 6.53. The molecule has 160 valence electrons. The average Bonchev–Trinajstić information content (AvgIpc) is 3.48. The molecule has 5 rings (SSSR count). The van der Waals surface area contributed by atoms with Gasteiger partial charge in [0, 0.05) is 39.1 Å². The standard InChI is InChI=1S/C22H22N10/c1-29(2)21-17(13-32(28-21)22(5-6-23)8-15(9-22)10-24)20-19-4-7-25-31(19)14-18(27-20)16-11-26-30(3)12-16/h4,7,11-15H,5,8-9H2,1-3H3. The van der Waals surface area contributed by atoms with Crippen LogP contribution in [0.5, 0.6) is 0 Å². The van der Waals surface area contributed by atoms with Crippen molar-refractivity contribution in [1.82, 2.24) is 34.2 Å². The van der Waals surface area contributed by atoms with Crippen LogP contribution in [0.3, 0.4) is 0 Å². The molecule has 32 heavy (non-hydrogen) atoms. The van der Waals surface area contributed by atoms with Crippen LogP contribution in [0.4, 0.5) is 5.82 Å². The molecule has 1 saturated carbocycles. The minimum atomic E-state index is -0.463. The number of aromatic nitrogens is 7. The van der Waals surface area contributed by atoms with Gasteiger partial charge >= 0.3 is 0 Å². The van der Waals surface area contributed by atoms with Gasteiger partial charge in [0.15, 0.2) is 5.82 Å². The molecule has 10 nitrogen and oxygen atoms in total. The molecule has 0 unspecified atom stereocenters. The van der Waals surface area contributed by atoms with Gasteiger partial charge in [0.25, 0.3) is 0 Å². The number of hydrogen-bond acceptors (Lipinski definition) is 7. The van der Waals surface area contributed by atoms with Crippen LogP contribution in [0.25, 0.3) is 28.0 Å². The smallest absolute Gasteiger partial charge is 0.159 e. The maximum atomic E-state index is 9.45. The van der Waals surface area contributed by atoms with Crippen LogP contribution in [0.1, 0.15) is 19.3 Å². The third-order valence-electron chi connectivity index (χ3n) is 6.09. The number of anilines is 1. The molecule has 0 atom stereocenters. The Hall–Kier alpha value is -4.18. The van der Waals surface area contributed by atoms with E-state index in [9.17, 15) is 10.5 Å². The zero-order chi connectivity index (χ0) is 22.5. The summed E-state index contributed by atoms with van der Waals surface area (Å²) in [5.41, 5.74) is 3.64. The highest BCUT2D eigenvalue weighted by Gasteiger charge is 2.47. The van der Waals surface area contributed by atoms with E-state index >= 15 is 0 Å². The molecule has 1 aliphatic rings. The Morgan fingerprint density at radius 2 is 2.00 bits per heavy atom. The first-order chi connectivity index (χ1) is 15.4. The first kappa shape index (κ1) is 19.8. The summed E-state index contributed by atoms with van der Waals surface area (Å²) in [6.07, 6.45) is 10.8. The maximum absolute atomic E-state index is 9.45. The topological polar surface area (TPSA) is 117 Å². The third-order valence-corrected chi connectivity index (χ3v) is 6.09. The van der Waals surface area contributed by atoms with Gasteiger partial charge in [-0.25, -0.2) is 9.50 Å². The predicted molar refractivity (Wildman–Crippen MR) is 117 cm³/mol. The number of hydrogen-bond donors (Lipinski definition) is 0. The van der Waals surface area contributed by atoms with Gasteiger partial charge in [0.2, 0.25) is 0 Å². The van der Waals surface area contributed by atoms with Crippen LogP contribution >= 0.6 is 0 Å². The lowest BCUT2D eigenvalue weighted by Gasteiger charge is -2.43. The monoisotopic (exact) mass is 426 g/mol. The number of aryl methyl sites for hydroxylation is 1. The molecule has 1 aliphatic carbocycles. The second-order valence-corrected chi connectivity index (χ2v) is 8.54. The minimum absolute atomic E-state index is 0.0487. The molecule has 0 spiro atoms. The molecule has 0 radical (unpaired) electrons. The highest BCUT2D eigenvalue weighted by molar-refractivity contribution is 5.84. The molecule has 1 fully saturated rings. The summed E-state index contributed by atoms with van der Waals surface area (Å²) in [5, 5.41) is 32.3. The van der Waals surface area contributed by atoms with E-state index < -0.39 is 5.54 Å². The first-order valence-electron chi connectivity index (χ1n) is 10.3. The Labute approximate surface area is 184 Å². The molecule has 4 heterocycles. The lowest BCUT2D eigenvalue weighted by atomic mass is 9.67. The first-order valence-corrected chi connectivity index (χ1v) is 10.3. The van der Waals surface area contributed by atoms with E-state index in [-0.39, 0.29) is 5.92 Å². The van der Waals surface area contributed by atoms with Crippen molar-refractivity contribution in [1.29, 1.82) is 10.5 Å². The summed E-state index contributed by atoms with van der Waals surface area (Å²) in [6.45, 7) is 0. The minimum Gasteiger partial charge on any atom is -0.361 e. The molecule has 10 heteroatoms. The molecule has 0 N–H and O–H groups in total. The van der Waals surface area contributed by atoms with Gasteiger partial charge in [-0.15, -0.1) is 0 Å². The van der Waals surface area contributed by atoms with E-state index in [4.69, 9.17) is 10.1 Å². The Bertz CT molecular complexity index is 1380. The van der Waals surface area contributed by atoms with Crippen LogP contribution in [0.15, 0.2) is 37.1 Å². The number of nitriles is 2. The number of fused-ring (bicyclic) bond motifs is 1. The van der Waals surface area contributed by atoms with Gasteiger partial charge in [0.05, 0.1) is 65.4 Å². The van der Waals surface area contributed by atoms with E-state index in [1.54, 1.807) is 17.1 Å². The summed E-state index contributed by atoms with van der Waals surface area (Å²) in [7, 11) is 5.74. The van der Waals surface area contributed by atoms with Crippen molar-refractivity contribution < 1.29 is 0 Å². The average molecular weight is 426 g/mol. The highest BCUT2D eigenvalue weighted by Crippen LogP contribution is 2.47. The van der Waals surface area contributed by atoms with E-state index in [1.165, 1.54) is 0 Å². The van der Waals surface area contributed by atoms with Crippen molar-refractivity contribution >= 4 is 11.3 Å². The van der Waals surface area contributed by atoms with Crippen molar-refractivity contribution in [2.24, 2.45) is 13.0 Å². The fourth-order valence-electron chi connectivity index (χ4n) is 4.43. The Kier molecular flexibility index (Phi) is 4.45. The predicted octanol–water partition coefficient (Wildman–Crippen LogP) is 2.60. The van der Waals surface area contributed by atoms with Crippen LogP contribution in [0.2, 0.25) is 0 Å². The van der Waals surface area contributed by atoms with Crippen molar-refractivity contribution in [3.05, 3.63) is 37.1 Å². The molecule has 4 aromatic rings. The van der Waals surface area contributed by atoms with Crippen LogP contribution in [-0.4, -0.2) is 48.3 Å². The van der Waals surface area contributed by atoms with E-state index in [0.29, 0.717) is 19.3 Å². The third kappa shape index (κ3) is 3.00. The summed E-state index contributed by atoms with van der Waals surface area (Å²) >= 11 is 0. The van der Waals surface area contributed by atoms with Crippen molar-refractivity contribution in [3.63, 3.8) is 0 Å². The largest absolute Gasteiger partial charge is 0.361 e. The van der Waals surface area contributed by atoms with Gasteiger partial charge < -0.3 is 4.90 Å². The van der Waals surface area contributed by atoms with E-state index in [2.05, 4.69) is 22.3 Å². The Morgan fingerprint density at radius 1 is 1.19 bits per heavy atom. The molecule has 4 aromatic heterocycles. The normalized spacial score (nSPS) is 20.0. The highest BCUT2D eigenvalue weighted by atomic mass is 15.4. The van der Waals surface area contributed by atoms with Crippen LogP contribution in [-0.2, 0) is 12.6 Å². The van der Waals surface area contributed by atoms with Crippen molar-refractivity contribution in [3.8, 4) is 34.7 Å². The molecule has 0 bridgehead atoms. The Morgan fingerprint density at radius 3 is 2.66 bits per heavy atom. The number of nitrogens with zero attached hydrogens (tertiary/aromatic N) is 10. The van der Waals surface area contributed by atoms with Gasteiger partial charge in [-0.05, 0) is 18.9 Å². The second kappa shape index (κ2) is 7.20. The summed E-state index contributed by atoms with van der Waals surface area (Å²) in [4.78, 5) is 6.92. The quantitative estimate of drug-likeness (QED) is 0.481. The van der Waals surface area contributed by atoms with Crippen LogP contribution in [0, 0.1) is 28.6 Å². The van der Waals surface area contributed by atoms with Gasteiger partial charge in [0.1, 0.15) is 5.69 Å². The number of rotatable bonds is 5. The maximum Gasteiger partial charge on any atom is 0.159 e. The lowest BCUT2D eigenvalue weighted by Crippen LogP contribution is -2.46. The molecule has 0 saturated heterocycles. The summed E-state index contributed by atoms with van der Waals surface area (Å²) in [5.74, 6) is 0.703. The zero-order valence-corrected chi connectivity index (χ0v) is 18.1. The fourth-order valence-corrected chi connectivity index (χ4v) is 4.43. The summed E-state index contributed by atoms with van der Waals surface area (Å²) < 4.78 is 5.42. The molecular weight excluding hydrogens is 404 g/mol.